The Morgan fingerprint density at radius 3 is 2.54 bits per heavy atom. The van der Waals surface area contributed by atoms with Gasteiger partial charge in [-0.3, -0.25) is 14.4 Å². The molecule has 28 heavy (non-hydrogen) atoms. The first-order valence-corrected chi connectivity index (χ1v) is 12.5. The van der Waals surface area contributed by atoms with Gasteiger partial charge >= 0.3 is 0 Å². The van der Waals surface area contributed by atoms with Crippen LogP contribution in [0.25, 0.3) is 0 Å². The van der Waals surface area contributed by atoms with Crippen molar-refractivity contribution < 1.29 is 19.2 Å². The number of halogens is 1. The molecule has 156 valence electrons. The highest BCUT2D eigenvalue weighted by molar-refractivity contribution is 14.2. The van der Waals surface area contributed by atoms with Crippen LogP contribution in [0, 0.1) is 0 Å². The molecular formula is C18H27IN4O4S. The zero-order valence-corrected chi connectivity index (χ0v) is 19.0. The summed E-state index contributed by atoms with van der Waals surface area (Å²) < 4.78 is 2.96. The fourth-order valence-corrected chi connectivity index (χ4v) is 3.38. The van der Waals surface area contributed by atoms with Crippen molar-refractivity contribution >= 4 is 48.0 Å². The lowest BCUT2D eigenvalue weighted by Gasteiger charge is -2.19. The van der Waals surface area contributed by atoms with Gasteiger partial charge in [0.25, 0.3) is 5.91 Å². The van der Waals surface area contributed by atoms with Crippen molar-refractivity contribution in [2.45, 2.75) is 51.6 Å². The maximum atomic E-state index is 12.5. The van der Waals surface area contributed by atoms with Crippen molar-refractivity contribution in [3.63, 3.8) is 0 Å². The first-order chi connectivity index (χ1) is 13.5. The average Bonchev–Trinajstić information content (AvgIpc) is 2.70. The molecular weight excluding hydrogens is 495 g/mol. The van der Waals surface area contributed by atoms with Crippen LogP contribution < -0.4 is 25.7 Å². The molecule has 0 fully saturated rings. The summed E-state index contributed by atoms with van der Waals surface area (Å²) in [5, 5.41) is 5.46. The minimum Gasteiger partial charge on any atom is -0.379 e. The summed E-state index contributed by atoms with van der Waals surface area (Å²) in [6.07, 6.45) is 2.49. The van der Waals surface area contributed by atoms with Crippen LogP contribution in [0.3, 0.4) is 0 Å². The molecule has 0 radical (unpaired) electrons. The van der Waals surface area contributed by atoms with Gasteiger partial charge in [0.15, 0.2) is 5.75 Å². The first-order valence-electron chi connectivity index (χ1n) is 9.09. The van der Waals surface area contributed by atoms with E-state index in [9.17, 15) is 14.4 Å². The van der Waals surface area contributed by atoms with E-state index in [0.717, 1.165) is 12.8 Å². The second kappa shape index (κ2) is 14.5. The number of rotatable bonds is 13. The third-order valence-electron chi connectivity index (χ3n) is 3.78. The number of unbranched alkanes of at least 4 members (excludes halogenated alkanes) is 1. The van der Waals surface area contributed by atoms with Crippen molar-refractivity contribution in [3.8, 4) is 5.75 Å². The van der Waals surface area contributed by atoms with E-state index in [2.05, 4.69) is 27.8 Å². The number of nitrogens with one attached hydrogen (secondary N) is 4. The van der Waals surface area contributed by atoms with Gasteiger partial charge in [-0.1, -0.05) is 31.5 Å². The van der Waals surface area contributed by atoms with Gasteiger partial charge in [0, 0.05) is 34.2 Å². The number of amides is 3. The Bertz CT molecular complexity index is 621. The summed E-state index contributed by atoms with van der Waals surface area (Å²) in [5.41, 5.74) is 2.31. The highest BCUT2D eigenvalue weighted by atomic mass is 127. The van der Waals surface area contributed by atoms with Gasteiger partial charge in [-0.05, 0) is 41.0 Å². The topological polar surface area (TPSA) is 109 Å². The molecule has 0 bridgehead atoms. The van der Waals surface area contributed by atoms with Crippen LogP contribution in [0.15, 0.2) is 30.3 Å². The third kappa shape index (κ3) is 10.1. The van der Waals surface area contributed by atoms with E-state index in [-0.39, 0.29) is 18.2 Å². The molecule has 10 heteroatoms. The predicted molar refractivity (Wildman–Crippen MR) is 119 cm³/mol. The van der Waals surface area contributed by atoms with Crippen LogP contribution in [0.5, 0.6) is 5.75 Å². The lowest BCUT2D eigenvalue weighted by atomic mass is 10.1. The third-order valence-corrected chi connectivity index (χ3v) is 4.92. The van der Waals surface area contributed by atoms with E-state index in [1.807, 2.05) is 27.3 Å². The number of hydroxylamine groups is 1. The molecule has 0 aliphatic heterocycles. The van der Waals surface area contributed by atoms with Crippen LogP contribution in [0.1, 0.15) is 39.5 Å². The summed E-state index contributed by atoms with van der Waals surface area (Å²) in [6.45, 7) is 4.25. The quantitative estimate of drug-likeness (QED) is 0.137. The van der Waals surface area contributed by atoms with Crippen LogP contribution in [0.4, 0.5) is 0 Å². The first kappa shape index (κ1) is 24.5. The Kier molecular flexibility index (Phi) is 12.7. The average molecular weight is 522 g/mol. The molecule has 0 spiro atoms. The summed E-state index contributed by atoms with van der Waals surface area (Å²) in [7, 11) is 1.26. The molecule has 0 aliphatic rings. The molecule has 1 aromatic carbocycles. The summed E-state index contributed by atoms with van der Waals surface area (Å²) in [4.78, 5) is 41.6. The molecule has 0 heterocycles. The molecule has 4 N–H and O–H groups in total. The maximum Gasteiger partial charge on any atom is 0.274 e. The monoisotopic (exact) mass is 522 g/mol. The van der Waals surface area contributed by atoms with Crippen molar-refractivity contribution in [1.82, 2.24) is 20.8 Å². The van der Waals surface area contributed by atoms with Gasteiger partial charge in [0.05, 0.1) is 6.04 Å². The van der Waals surface area contributed by atoms with E-state index in [1.165, 1.54) is 9.12 Å². The Labute approximate surface area is 182 Å². The van der Waals surface area contributed by atoms with Gasteiger partial charge in [-0.15, -0.1) is 0 Å². The normalized spacial score (nSPS) is 12.5. The number of benzene rings is 1. The minimum atomic E-state index is -0.793. The van der Waals surface area contributed by atoms with Crippen molar-refractivity contribution in [2.75, 3.05) is 6.54 Å². The van der Waals surface area contributed by atoms with E-state index in [0.29, 0.717) is 18.7 Å². The Balaban J connectivity index is 2.43. The van der Waals surface area contributed by atoms with E-state index >= 15 is 0 Å². The molecule has 3 amide bonds. The second-order valence-corrected chi connectivity index (χ2v) is 7.81. The van der Waals surface area contributed by atoms with E-state index < -0.39 is 18.0 Å². The lowest BCUT2D eigenvalue weighted by molar-refractivity contribution is -0.133. The summed E-state index contributed by atoms with van der Waals surface area (Å²) >= 11 is 2.01. The fourth-order valence-electron chi connectivity index (χ4n) is 2.13. The number of carbonyl (C=O) groups is 3. The highest BCUT2D eigenvalue weighted by Gasteiger charge is 2.23. The van der Waals surface area contributed by atoms with Crippen LogP contribution in [0.2, 0.25) is 0 Å². The van der Waals surface area contributed by atoms with Crippen LogP contribution in [-0.4, -0.2) is 36.3 Å². The molecule has 1 rings (SSSR count). The SMILES string of the molecule is CCCCNC(=O)CC[C@H](NSI)C(=O)N[C@@H](C)C(=O)NOc1ccccc1. The number of para-hydroxylation sites is 1. The summed E-state index contributed by atoms with van der Waals surface area (Å²) in [5.74, 6) is -0.429. The lowest BCUT2D eigenvalue weighted by Crippen LogP contribution is -2.51. The molecule has 1 aromatic rings. The Morgan fingerprint density at radius 2 is 1.89 bits per heavy atom. The maximum absolute atomic E-state index is 12.5. The van der Waals surface area contributed by atoms with Crippen molar-refractivity contribution in [3.05, 3.63) is 30.3 Å². The van der Waals surface area contributed by atoms with Crippen molar-refractivity contribution in [1.29, 1.82) is 0 Å². The van der Waals surface area contributed by atoms with Gasteiger partial charge in [0.2, 0.25) is 11.8 Å². The van der Waals surface area contributed by atoms with E-state index in [4.69, 9.17) is 4.84 Å². The molecule has 8 nitrogen and oxygen atoms in total. The molecule has 0 aliphatic carbocycles. The van der Waals surface area contributed by atoms with Gasteiger partial charge in [-0.25, -0.2) is 4.72 Å². The van der Waals surface area contributed by atoms with Crippen LogP contribution in [-0.2, 0) is 14.4 Å². The molecule has 0 saturated carbocycles. The smallest absolute Gasteiger partial charge is 0.274 e. The number of hydrogen-bond acceptors (Lipinski definition) is 6. The molecule has 2 atom stereocenters. The highest BCUT2D eigenvalue weighted by Crippen LogP contribution is 2.10. The zero-order chi connectivity index (χ0) is 20.8. The summed E-state index contributed by atoms with van der Waals surface area (Å²) in [6, 6.07) is 7.41. The van der Waals surface area contributed by atoms with Crippen molar-refractivity contribution in [2.24, 2.45) is 0 Å². The van der Waals surface area contributed by atoms with Crippen LogP contribution >= 0.6 is 30.3 Å². The molecule has 0 saturated heterocycles. The fraction of sp³-hybridized carbons (Fsp3) is 0.500. The zero-order valence-electron chi connectivity index (χ0n) is 16.0. The van der Waals surface area contributed by atoms with E-state index in [1.54, 1.807) is 31.2 Å². The predicted octanol–water partition coefficient (Wildman–Crippen LogP) is 2.25. The Hall–Kier alpha value is -1.53. The largest absolute Gasteiger partial charge is 0.379 e. The number of hydrogen-bond donors (Lipinski definition) is 4. The second-order valence-electron chi connectivity index (χ2n) is 6.10. The Morgan fingerprint density at radius 1 is 1.18 bits per heavy atom. The molecule has 0 unspecified atom stereocenters. The number of carbonyl (C=O) groups excluding carboxylic acids is 3. The van der Waals surface area contributed by atoms with Gasteiger partial charge in [-0.2, -0.15) is 5.48 Å². The van der Waals surface area contributed by atoms with Gasteiger partial charge in [0.1, 0.15) is 6.04 Å². The van der Waals surface area contributed by atoms with Gasteiger partial charge < -0.3 is 15.5 Å². The minimum absolute atomic E-state index is 0.0893. The standard InChI is InChI=1S/C18H27IN4O4S/c1-3-4-12-20-16(24)11-10-15(23-28-19)18(26)21-13(2)17(25)22-27-14-8-6-5-7-9-14/h5-9,13,15,23H,3-4,10-12H2,1-2H3,(H,20,24)(H,21,26)(H,22,25)/t13-,15-/m0/s1. The molecule has 0 aromatic heterocycles.